The molecule has 0 aliphatic carbocycles. The van der Waals surface area contributed by atoms with Crippen LogP contribution in [0.3, 0.4) is 0 Å². The number of para-hydroxylation sites is 1. The number of aromatic amines is 1. The Balaban J connectivity index is 2.44. The molecule has 678 valence electrons. The molecule has 2 rings (SSSR count). The van der Waals surface area contributed by atoms with E-state index in [9.17, 15) is 117 Å². The number of nitrogens with zero attached hydrogens (tertiary/aromatic N) is 1. The fourth-order valence-corrected chi connectivity index (χ4v) is 12.4. The van der Waals surface area contributed by atoms with Crippen molar-refractivity contribution in [3.63, 3.8) is 0 Å². The third-order valence-corrected chi connectivity index (χ3v) is 18.8. The average molecular weight is 1730 g/mol. The molecule has 0 spiro atoms. The number of aliphatic hydroxyl groups excluding tert-OH is 3. The quantitative estimate of drug-likeness (QED) is 0.0127. The van der Waals surface area contributed by atoms with Gasteiger partial charge >= 0.3 is 17.9 Å². The van der Waals surface area contributed by atoms with Crippen LogP contribution in [0.4, 0.5) is 0 Å². The van der Waals surface area contributed by atoms with Crippen molar-refractivity contribution in [1.82, 2.24) is 79.4 Å². The van der Waals surface area contributed by atoms with Crippen LogP contribution in [0.2, 0.25) is 0 Å². The Morgan fingerprint density at radius 2 is 0.818 bits per heavy atom. The number of aliphatic carboxylic acids is 3. The molecule has 0 unspecified atom stereocenters. The molecule has 0 saturated carbocycles. The Morgan fingerprint density at radius 1 is 0.438 bits per heavy atom. The fourth-order valence-electron chi connectivity index (χ4n) is 12.1. The van der Waals surface area contributed by atoms with E-state index in [-0.39, 0.29) is 68.6 Å². The minimum Gasteiger partial charge on any atom is -0.481 e. The molecule has 0 bridgehead atoms. The number of hydrogen-bond donors (Lipinski definition) is 26. The first-order valence-corrected chi connectivity index (χ1v) is 40.2. The van der Waals surface area contributed by atoms with E-state index in [1.165, 1.54) is 13.8 Å². The normalized spacial score (nSPS) is 15.3. The molecular formula is C76H124N20O24S. The number of amides is 15. The van der Waals surface area contributed by atoms with Crippen molar-refractivity contribution in [2.24, 2.45) is 57.5 Å². The minimum atomic E-state index is -2.10. The Labute approximate surface area is 705 Å². The van der Waals surface area contributed by atoms with Crippen molar-refractivity contribution in [1.29, 1.82) is 0 Å². The highest BCUT2D eigenvalue weighted by Crippen LogP contribution is 2.20. The smallest absolute Gasteiger partial charge is 0.328 e. The summed E-state index contributed by atoms with van der Waals surface area (Å²) in [6.45, 7) is 16.5. The summed E-state index contributed by atoms with van der Waals surface area (Å²) in [5.74, 6) is -23.6. The maximum absolute atomic E-state index is 14.4. The van der Waals surface area contributed by atoms with Gasteiger partial charge in [-0.25, -0.2) is 4.79 Å². The summed E-state index contributed by atoms with van der Waals surface area (Å²) >= 11 is 4.21. The molecule has 2 aromatic rings. The standard InChI is InChI=1S/C76H124N20O24S/c1-34(2)24-48(84-56(101)31-83-63(107)54(33-121)93-62(106)43(77)28-41-30-82-44-17-14-13-16-42(41)44)67(111)88-49(25-35(3)4)69(113)89-50(26-36(5)6)70(114)90-52(29-58(104)105)71(115)96-60(39(11)98)73(117)86-45(18-15-23-81-76(79)80)65(109)95-61(40(12)99)74(118)91-51(27-37(7)8)68(112)85-47(20-22-57(102)103)66(110)94-59(38(9)10)72(116)87-46(19-21-55(78)100)64(108)92-53(32-97)75(119)120/h13-14,16-17,30,34-40,43,45-54,59-61,82,97-99,121H,15,18-29,31-33,77H2,1-12H3,(H2,78,100)(H,83,107)(H,84,101)(H,85,112)(H,86,117)(H,87,116)(H,88,111)(H,89,113)(H,90,114)(H,91,118)(H,92,108)(H,93,106)(H,94,110)(H,95,109)(H,96,115)(H,102,103)(H,104,105)(H,119,120)(H4,79,80,81)/t39-,40-,43+,45+,46+,47+,48+,49+,50+,51+,52+,53+,54+,59+,60+,61+/m1/s1. The topological polar surface area (TPSA) is 729 Å². The van der Waals surface area contributed by atoms with Gasteiger partial charge in [0, 0.05) is 42.2 Å². The molecule has 45 heteroatoms. The van der Waals surface area contributed by atoms with Gasteiger partial charge in [0.2, 0.25) is 88.6 Å². The molecule has 0 radical (unpaired) electrons. The molecule has 0 aliphatic rings. The number of nitrogens with one attached hydrogen (secondary N) is 15. The Bertz CT molecular complexity index is 3930. The zero-order chi connectivity index (χ0) is 92.0. The van der Waals surface area contributed by atoms with Crippen molar-refractivity contribution < 1.29 is 117 Å². The highest BCUT2D eigenvalue weighted by Gasteiger charge is 2.40. The van der Waals surface area contributed by atoms with E-state index in [1.807, 2.05) is 29.6 Å². The van der Waals surface area contributed by atoms with E-state index < -0.39 is 273 Å². The van der Waals surface area contributed by atoms with Crippen molar-refractivity contribution in [3.05, 3.63) is 36.0 Å². The van der Waals surface area contributed by atoms with Crippen molar-refractivity contribution in [2.75, 3.05) is 25.4 Å². The van der Waals surface area contributed by atoms with Crippen LogP contribution in [-0.2, 0) is 92.7 Å². The maximum Gasteiger partial charge on any atom is 0.328 e. The molecule has 0 fully saturated rings. The van der Waals surface area contributed by atoms with Crippen LogP contribution in [0.15, 0.2) is 35.5 Å². The highest BCUT2D eigenvalue weighted by molar-refractivity contribution is 7.80. The Hall–Kier alpha value is -11.3. The number of hydrogen-bond acceptors (Lipinski definition) is 24. The summed E-state index contributed by atoms with van der Waals surface area (Å²) in [5.41, 5.74) is 24.1. The number of carboxylic acids is 3. The molecule has 29 N–H and O–H groups in total. The number of nitrogens with two attached hydrogens (primary N) is 4. The number of carboxylic acid groups (broad SMARTS) is 3. The van der Waals surface area contributed by atoms with Gasteiger partial charge in [0.15, 0.2) is 5.96 Å². The summed E-state index contributed by atoms with van der Waals surface area (Å²) in [7, 11) is 0. The third kappa shape index (κ3) is 38.7. The highest BCUT2D eigenvalue weighted by atomic mass is 32.1. The average Bonchev–Trinajstić information content (AvgIpc) is 1.70. The predicted molar refractivity (Wildman–Crippen MR) is 440 cm³/mol. The summed E-state index contributed by atoms with van der Waals surface area (Å²) in [6, 6.07) is -15.8. The summed E-state index contributed by atoms with van der Waals surface area (Å²) in [4.78, 5) is 250. The largest absolute Gasteiger partial charge is 0.481 e. The molecule has 1 heterocycles. The molecule has 0 saturated heterocycles. The monoisotopic (exact) mass is 1730 g/mol. The first-order chi connectivity index (χ1) is 56.5. The van der Waals surface area contributed by atoms with Gasteiger partial charge in [-0.1, -0.05) is 87.4 Å². The van der Waals surface area contributed by atoms with Crippen LogP contribution < -0.4 is 97.4 Å². The molecule has 44 nitrogen and oxygen atoms in total. The number of aliphatic imine (C=N–C) groups is 1. The van der Waals surface area contributed by atoms with E-state index in [1.54, 1.807) is 61.6 Å². The molecule has 16 atom stereocenters. The summed E-state index contributed by atoms with van der Waals surface area (Å²) in [6.07, 6.45) is -6.45. The van der Waals surface area contributed by atoms with Crippen LogP contribution in [-0.4, -0.2) is 270 Å². The van der Waals surface area contributed by atoms with Gasteiger partial charge in [-0.15, -0.1) is 0 Å². The van der Waals surface area contributed by atoms with Crippen molar-refractivity contribution >= 4 is 136 Å². The number of thiol groups is 1. The second kappa shape index (κ2) is 52.7. The van der Waals surface area contributed by atoms with Crippen LogP contribution >= 0.6 is 12.6 Å². The molecule has 1 aromatic carbocycles. The zero-order valence-corrected chi connectivity index (χ0v) is 71.0. The molecule has 0 aliphatic heterocycles. The lowest BCUT2D eigenvalue weighted by molar-refractivity contribution is -0.143. The number of benzene rings is 1. The predicted octanol–water partition coefficient (Wildman–Crippen LogP) is -6.28. The Kier molecular flexibility index (Phi) is 46.0. The first kappa shape index (κ1) is 106. The number of aliphatic hydroxyl groups is 3. The Morgan fingerprint density at radius 3 is 1.24 bits per heavy atom. The van der Waals surface area contributed by atoms with Gasteiger partial charge in [-0.2, -0.15) is 12.6 Å². The SMILES string of the molecule is CC(C)C[C@H](NC(=O)CNC(=O)[C@H](CS)NC(=O)[C@@H](N)Cc1c[nH]c2ccccc12)C(=O)N[C@@H](CC(C)C)C(=O)N[C@@H](CC(C)C)C(=O)N[C@@H](CC(=O)O)C(=O)N[C@H](C(=O)N[C@@H](CCCN=C(N)N)C(=O)N[C@H](C(=O)N[C@@H](CC(C)C)C(=O)N[C@@H](CCC(=O)O)C(=O)N[C@H](C(=O)N[C@@H](CCC(N)=O)C(=O)N[C@@H](CO)C(=O)O)C(C)C)[C@@H](C)O)[C@@H](C)O. The number of carbonyl (C=O) groups is 18. The second-order valence-corrected chi connectivity index (χ2v) is 31.8. The third-order valence-electron chi connectivity index (χ3n) is 18.4. The zero-order valence-electron chi connectivity index (χ0n) is 70.1. The van der Waals surface area contributed by atoms with Gasteiger partial charge in [0.25, 0.3) is 0 Å². The van der Waals surface area contributed by atoms with E-state index in [0.29, 0.717) is 0 Å². The van der Waals surface area contributed by atoms with Gasteiger partial charge in [-0.3, -0.25) is 86.5 Å². The number of fused-ring (bicyclic) bond motifs is 1. The second-order valence-electron chi connectivity index (χ2n) is 31.4. The summed E-state index contributed by atoms with van der Waals surface area (Å²) in [5, 5.41) is 95.0. The van der Waals surface area contributed by atoms with E-state index in [0.717, 1.165) is 30.3 Å². The molecule has 15 amide bonds. The molecule has 1 aromatic heterocycles. The number of rotatable bonds is 56. The maximum atomic E-state index is 14.4. The lowest BCUT2D eigenvalue weighted by Crippen LogP contribution is -2.63. The lowest BCUT2D eigenvalue weighted by Gasteiger charge is -2.30. The van der Waals surface area contributed by atoms with E-state index >= 15 is 0 Å². The van der Waals surface area contributed by atoms with E-state index in [2.05, 4.69) is 91.7 Å². The van der Waals surface area contributed by atoms with Gasteiger partial charge in [0.1, 0.15) is 78.5 Å². The lowest BCUT2D eigenvalue weighted by atomic mass is 9.98. The van der Waals surface area contributed by atoms with Crippen LogP contribution in [0.1, 0.15) is 159 Å². The van der Waals surface area contributed by atoms with Crippen molar-refractivity contribution in [3.8, 4) is 0 Å². The van der Waals surface area contributed by atoms with Gasteiger partial charge in [0.05, 0.1) is 37.8 Å². The summed E-state index contributed by atoms with van der Waals surface area (Å²) < 4.78 is 0. The van der Waals surface area contributed by atoms with Gasteiger partial charge < -0.3 is 133 Å². The number of carbonyl (C=O) groups excluding carboxylic acids is 15. The van der Waals surface area contributed by atoms with Crippen molar-refractivity contribution in [2.45, 2.75) is 257 Å². The molecular weight excluding hydrogens is 1610 g/mol. The van der Waals surface area contributed by atoms with Crippen LogP contribution in [0, 0.1) is 29.6 Å². The number of aromatic nitrogens is 1. The minimum absolute atomic E-state index is 0.0173. The number of guanidine groups is 1. The number of primary amides is 1. The van der Waals surface area contributed by atoms with Gasteiger partial charge in [-0.05, 0) is 113 Å². The fraction of sp³-hybridized carbons (Fsp3) is 0.645. The van der Waals surface area contributed by atoms with E-state index in [4.69, 9.17) is 22.9 Å². The van der Waals surface area contributed by atoms with Crippen LogP contribution in [0.5, 0.6) is 0 Å². The molecule has 121 heavy (non-hydrogen) atoms. The first-order valence-electron chi connectivity index (χ1n) is 39.6. The number of H-pyrrole nitrogens is 1. The van der Waals surface area contributed by atoms with Crippen LogP contribution in [0.25, 0.3) is 10.9 Å².